The fraction of sp³-hybridized carbons (Fsp3) is 0.231. The van der Waals surface area contributed by atoms with Gasteiger partial charge in [-0.3, -0.25) is 0 Å². The van der Waals surface area contributed by atoms with E-state index in [1.807, 2.05) is 31.3 Å². The van der Waals surface area contributed by atoms with E-state index in [1.54, 1.807) is 18.4 Å². The van der Waals surface area contributed by atoms with Crippen molar-refractivity contribution in [1.82, 2.24) is 5.32 Å². The summed E-state index contributed by atoms with van der Waals surface area (Å²) in [6.07, 6.45) is 0. The number of thiophene rings is 1. The molecule has 0 saturated carbocycles. The monoisotopic (exact) mass is 423 g/mol. The third-order valence-electron chi connectivity index (χ3n) is 2.74. The summed E-state index contributed by atoms with van der Waals surface area (Å²) in [6, 6.07) is 8.04. The minimum Gasteiger partial charge on any atom is -0.496 e. The van der Waals surface area contributed by atoms with E-state index in [0.29, 0.717) is 0 Å². The summed E-state index contributed by atoms with van der Waals surface area (Å²) in [5, 5.41) is 4.04. The van der Waals surface area contributed by atoms with Gasteiger partial charge in [0, 0.05) is 14.9 Å². The molecule has 2 aromatic rings. The molecule has 0 amide bonds. The van der Waals surface area contributed by atoms with Gasteiger partial charge in [-0.05, 0) is 41.2 Å². The Hall–Kier alpha value is -0.0700. The first kappa shape index (κ1) is 15.3. The molecule has 0 aliphatic heterocycles. The van der Waals surface area contributed by atoms with Crippen molar-refractivity contribution in [2.24, 2.45) is 0 Å². The van der Waals surface area contributed by atoms with Crippen molar-refractivity contribution in [2.45, 2.75) is 6.04 Å². The fourth-order valence-corrected chi connectivity index (χ4v) is 4.10. The molecule has 0 radical (unpaired) electrons. The smallest absolute Gasteiger partial charge is 0.125 e. The maximum Gasteiger partial charge on any atom is 0.125 e. The van der Waals surface area contributed by atoms with Crippen molar-refractivity contribution in [1.29, 1.82) is 0 Å². The molecule has 102 valence electrons. The lowest BCUT2D eigenvalue weighted by molar-refractivity contribution is 0.405. The maximum atomic E-state index is 6.11. The molecule has 1 unspecified atom stereocenters. The van der Waals surface area contributed by atoms with Gasteiger partial charge in [0.1, 0.15) is 5.75 Å². The Balaban J connectivity index is 2.47. The summed E-state index contributed by atoms with van der Waals surface area (Å²) in [6.45, 7) is 0. The predicted octanol–water partition coefficient (Wildman–Crippen LogP) is 5.24. The Morgan fingerprint density at radius 2 is 2.05 bits per heavy atom. The highest BCUT2D eigenvalue weighted by molar-refractivity contribution is 9.11. The molecule has 1 aromatic carbocycles. The number of hydrogen-bond acceptors (Lipinski definition) is 3. The molecule has 0 aliphatic carbocycles. The third kappa shape index (κ3) is 3.34. The van der Waals surface area contributed by atoms with Gasteiger partial charge in [0.05, 0.1) is 22.0 Å². The lowest BCUT2D eigenvalue weighted by Crippen LogP contribution is -2.17. The van der Waals surface area contributed by atoms with E-state index in [0.717, 1.165) is 29.5 Å². The van der Waals surface area contributed by atoms with Crippen LogP contribution in [0.5, 0.6) is 5.75 Å². The minimum absolute atomic E-state index is 0.0526. The van der Waals surface area contributed by atoms with Crippen LogP contribution in [0.25, 0.3) is 0 Å². The Bertz CT molecular complexity index is 569. The second-order valence-electron chi connectivity index (χ2n) is 3.88. The van der Waals surface area contributed by atoms with Crippen LogP contribution >= 0.6 is 54.8 Å². The van der Waals surface area contributed by atoms with Gasteiger partial charge in [-0.1, -0.05) is 33.6 Å². The van der Waals surface area contributed by atoms with Crippen LogP contribution in [0.1, 0.15) is 16.5 Å². The van der Waals surface area contributed by atoms with E-state index in [2.05, 4.69) is 37.2 Å². The molecule has 2 rings (SSSR count). The molecular formula is C13H12Br2ClNOS. The van der Waals surface area contributed by atoms with Gasteiger partial charge in [-0.15, -0.1) is 11.3 Å². The van der Waals surface area contributed by atoms with Gasteiger partial charge >= 0.3 is 0 Å². The molecule has 2 nitrogen and oxygen atoms in total. The first-order chi connectivity index (χ1) is 9.06. The molecule has 0 saturated heterocycles. The largest absolute Gasteiger partial charge is 0.496 e. The van der Waals surface area contributed by atoms with E-state index in [9.17, 15) is 0 Å². The molecule has 1 N–H and O–H groups in total. The van der Waals surface area contributed by atoms with Gasteiger partial charge in [-0.2, -0.15) is 0 Å². The molecule has 1 atom stereocenters. The number of halogens is 3. The first-order valence-electron chi connectivity index (χ1n) is 5.52. The van der Waals surface area contributed by atoms with Gasteiger partial charge in [0.2, 0.25) is 0 Å². The number of nitrogens with one attached hydrogen (secondary N) is 1. The van der Waals surface area contributed by atoms with Crippen LogP contribution in [0.4, 0.5) is 0 Å². The molecule has 0 fully saturated rings. The molecule has 19 heavy (non-hydrogen) atoms. The van der Waals surface area contributed by atoms with E-state index in [-0.39, 0.29) is 6.04 Å². The first-order valence-corrected chi connectivity index (χ1v) is 8.30. The van der Waals surface area contributed by atoms with Crippen molar-refractivity contribution >= 4 is 54.8 Å². The van der Waals surface area contributed by atoms with Crippen LogP contribution in [-0.4, -0.2) is 14.2 Å². The van der Waals surface area contributed by atoms with Gasteiger partial charge in [0.15, 0.2) is 0 Å². The van der Waals surface area contributed by atoms with Gasteiger partial charge in [0.25, 0.3) is 0 Å². The fourth-order valence-electron chi connectivity index (χ4n) is 1.88. The standard InChI is InChI=1S/C13H12Br2ClNOS/c1-17-12(11-6-9(16)13(15)19-11)8-4-3-7(14)5-10(8)18-2/h3-6,12,17H,1-2H3. The zero-order chi connectivity index (χ0) is 14.0. The van der Waals surface area contributed by atoms with Crippen LogP contribution in [0, 0.1) is 0 Å². The lowest BCUT2D eigenvalue weighted by Gasteiger charge is -2.18. The highest BCUT2D eigenvalue weighted by atomic mass is 79.9. The summed E-state index contributed by atoms with van der Waals surface area (Å²) in [7, 11) is 3.60. The maximum absolute atomic E-state index is 6.11. The Morgan fingerprint density at radius 1 is 1.32 bits per heavy atom. The van der Waals surface area contributed by atoms with Crippen molar-refractivity contribution in [2.75, 3.05) is 14.2 Å². The average Bonchev–Trinajstić information content (AvgIpc) is 2.72. The summed E-state index contributed by atoms with van der Waals surface area (Å²) < 4.78 is 7.40. The second-order valence-corrected chi connectivity index (χ2v) is 7.60. The Labute approximate surface area is 138 Å². The molecule has 0 bridgehead atoms. The Kier molecular flexibility index (Phi) is 5.31. The number of methoxy groups -OCH3 is 1. The molecule has 0 aliphatic rings. The van der Waals surface area contributed by atoms with Crippen molar-refractivity contribution in [3.05, 3.63) is 48.0 Å². The lowest BCUT2D eigenvalue weighted by atomic mass is 10.0. The van der Waals surface area contributed by atoms with Crippen molar-refractivity contribution in [3.63, 3.8) is 0 Å². The second kappa shape index (κ2) is 6.59. The number of rotatable bonds is 4. The van der Waals surface area contributed by atoms with Crippen LogP contribution in [0.2, 0.25) is 5.02 Å². The molecule has 6 heteroatoms. The molecule has 0 spiro atoms. The van der Waals surface area contributed by atoms with Crippen molar-refractivity contribution in [3.8, 4) is 5.75 Å². The van der Waals surface area contributed by atoms with Crippen molar-refractivity contribution < 1.29 is 4.74 Å². The summed E-state index contributed by atoms with van der Waals surface area (Å²) in [5.74, 6) is 0.842. The van der Waals surface area contributed by atoms with Gasteiger partial charge in [-0.25, -0.2) is 0 Å². The predicted molar refractivity (Wildman–Crippen MR) is 88.6 cm³/mol. The number of benzene rings is 1. The van der Waals surface area contributed by atoms with Crippen LogP contribution in [0.15, 0.2) is 32.5 Å². The highest BCUT2D eigenvalue weighted by Crippen LogP contribution is 2.40. The minimum atomic E-state index is 0.0526. The van der Waals surface area contributed by atoms with Crippen LogP contribution in [-0.2, 0) is 0 Å². The van der Waals surface area contributed by atoms with E-state index in [1.165, 1.54) is 0 Å². The zero-order valence-electron chi connectivity index (χ0n) is 10.3. The topological polar surface area (TPSA) is 21.3 Å². The van der Waals surface area contributed by atoms with E-state index in [4.69, 9.17) is 16.3 Å². The average molecular weight is 426 g/mol. The third-order valence-corrected chi connectivity index (χ3v) is 5.78. The number of ether oxygens (including phenoxy) is 1. The summed E-state index contributed by atoms with van der Waals surface area (Å²) >= 11 is 14.6. The van der Waals surface area contributed by atoms with Crippen LogP contribution < -0.4 is 10.1 Å². The van der Waals surface area contributed by atoms with Gasteiger partial charge < -0.3 is 10.1 Å². The van der Waals surface area contributed by atoms with E-state index >= 15 is 0 Å². The summed E-state index contributed by atoms with van der Waals surface area (Å²) in [4.78, 5) is 1.14. The quantitative estimate of drug-likeness (QED) is 0.723. The molecule has 1 aromatic heterocycles. The number of hydrogen-bond donors (Lipinski definition) is 1. The molecule has 1 heterocycles. The highest BCUT2D eigenvalue weighted by Gasteiger charge is 2.20. The van der Waals surface area contributed by atoms with E-state index < -0.39 is 0 Å². The zero-order valence-corrected chi connectivity index (χ0v) is 15.1. The SMILES string of the molecule is CNC(c1cc(Cl)c(Br)s1)c1ccc(Br)cc1OC. The molecular weight excluding hydrogens is 413 g/mol. The van der Waals surface area contributed by atoms with Crippen LogP contribution in [0.3, 0.4) is 0 Å². The Morgan fingerprint density at radius 3 is 2.58 bits per heavy atom. The normalized spacial score (nSPS) is 12.5. The summed E-state index contributed by atoms with van der Waals surface area (Å²) in [5.41, 5.74) is 1.08.